The van der Waals surface area contributed by atoms with E-state index in [0.29, 0.717) is 18.7 Å². The number of aromatic nitrogens is 3. The van der Waals surface area contributed by atoms with Crippen molar-refractivity contribution >= 4 is 11.6 Å². The Balaban J connectivity index is 1.10. The lowest BCUT2D eigenvalue weighted by Gasteiger charge is -2.44. The van der Waals surface area contributed by atoms with Gasteiger partial charge in [-0.2, -0.15) is 0 Å². The van der Waals surface area contributed by atoms with Gasteiger partial charge in [-0.15, -0.1) is 10.2 Å². The number of carbonyl (C=O) groups excluding carboxylic acids is 1. The topological polar surface area (TPSA) is 93.1 Å². The monoisotopic (exact) mass is 532 g/mol. The van der Waals surface area contributed by atoms with Gasteiger partial charge >= 0.3 is 0 Å². The van der Waals surface area contributed by atoms with Gasteiger partial charge in [0.05, 0.1) is 24.0 Å². The Hall–Kier alpha value is -3.46. The first-order valence-corrected chi connectivity index (χ1v) is 14.2. The molecule has 6 rings (SSSR count). The number of ether oxygens (including phenoxy) is 1. The number of piperidine rings is 1. The third-order valence-electron chi connectivity index (χ3n) is 8.72. The van der Waals surface area contributed by atoms with Crippen molar-refractivity contribution in [3.63, 3.8) is 0 Å². The molecule has 3 aromatic rings. The molecule has 1 aliphatic carbocycles. The van der Waals surface area contributed by atoms with Crippen LogP contribution in [0.15, 0.2) is 48.5 Å². The summed E-state index contributed by atoms with van der Waals surface area (Å²) in [6, 6.07) is 15.0. The molecule has 8 nitrogen and oxygen atoms in total. The van der Waals surface area contributed by atoms with Crippen LogP contribution in [0.3, 0.4) is 0 Å². The number of para-hydroxylation sites is 1. The quantitative estimate of drug-likeness (QED) is 0.422. The fourth-order valence-corrected chi connectivity index (χ4v) is 6.50. The van der Waals surface area contributed by atoms with Crippen molar-refractivity contribution in [2.24, 2.45) is 7.05 Å². The second kappa shape index (κ2) is 11.0. The zero-order valence-corrected chi connectivity index (χ0v) is 22.5. The number of nitrogens with one attached hydrogen (secondary N) is 3. The predicted octanol–water partition coefficient (Wildman–Crippen LogP) is 4.80. The summed E-state index contributed by atoms with van der Waals surface area (Å²) in [5.41, 5.74) is 1.93. The first kappa shape index (κ1) is 25.8. The van der Waals surface area contributed by atoms with Crippen molar-refractivity contribution in [2.45, 2.75) is 75.2 Å². The lowest BCUT2D eigenvalue weighted by molar-refractivity contribution is 0.0683. The molecular formula is C30H37FN6O2. The highest BCUT2D eigenvalue weighted by molar-refractivity contribution is 5.95. The van der Waals surface area contributed by atoms with Crippen molar-refractivity contribution in [1.82, 2.24) is 25.4 Å². The third kappa shape index (κ3) is 5.12. The standard InChI is InChI=1S/C30H37FN6O2/c1-37-26(35-36-28(37)23-13-16-33-30(27(23)31)14-6-2-3-7-15-30)18-32-21-10-8-9-20(17-21)29(38)34-24-19-39-25-12-5-4-11-22(24)25/h4-5,8-12,17,23-24,27,32-33H,2-3,6-7,13-16,18-19H2,1H3,(H,34,38)/t23?,24-,27?/m1/s1. The van der Waals surface area contributed by atoms with Crippen LogP contribution in [-0.4, -0.2) is 45.5 Å². The third-order valence-corrected chi connectivity index (χ3v) is 8.72. The van der Waals surface area contributed by atoms with Gasteiger partial charge in [-0.1, -0.05) is 49.9 Å². The first-order chi connectivity index (χ1) is 19.0. The Kier molecular flexibility index (Phi) is 7.25. The number of hydrogen-bond donors (Lipinski definition) is 3. The Labute approximate surface area is 228 Å². The van der Waals surface area contributed by atoms with E-state index in [1.807, 2.05) is 54.1 Å². The summed E-state index contributed by atoms with van der Waals surface area (Å²) in [5, 5.41) is 18.9. The minimum atomic E-state index is -0.972. The van der Waals surface area contributed by atoms with Gasteiger partial charge in [-0.3, -0.25) is 4.79 Å². The Morgan fingerprint density at radius 3 is 2.79 bits per heavy atom. The molecule has 2 aromatic carbocycles. The van der Waals surface area contributed by atoms with E-state index in [1.165, 1.54) is 12.8 Å². The molecule has 3 N–H and O–H groups in total. The van der Waals surface area contributed by atoms with Gasteiger partial charge in [0.25, 0.3) is 5.91 Å². The van der Waals surface area contributed by atoms with Crippen LogP contribution in [0.4, 0.5) is 10.1 Å². The van der Waals surface area contributed by atoms with Crippen molar-refractivity contribution in [3.05, 3.63) is 71.3 Å². The van der Waals surface area contributed by atoms with Crippen molar-refractivity contribution in [2.75, 3.05) is 18.5 Å². The maximum absolute atomic E-state index is 16.0. The molecule has 2 fully saturated rings. The summed E-state index contributed by atoms with van der Waals surface area (Å²) >= 11 is 0. The van der Waals surface area contributed by atoms with Crippen molar-refractivity contribution in [1.29, 1.82) is 0 Å². The van der Waals surface area contributed by atoms with Gasteiger partial charge in [-0.25, -0.2) is 4.39 Å². The number of amides is 1. The zero-order chi connectivity index (χ0) is 26.8. The number of fused-ring (bicyclic) bond motifs is 1. The molecule has 0 bridgehead atoms. The SMILES string of the molecule is Cn1c(CNc2cccc(C(=O)N[C@@H]3COc4ccccc43)c2)nnc1C1CCNC2(CCCCCC2)C1F. The summed E-state index contributed by atoms with van der Waals surface area (Å²) in [4.78, 5) is 13.0. The van der Waals surface area contributed by atoms with Crippen molar-refractivity contribution < 1.29 is 13.9 Å². The lowest BCUT2D eigenvalue weighted by atomic mass is 9.75. The van der Waals surface area contributed by atoms with Crippen LogP contribution in [0.2, 0.25) is 0 Å². The number of alkyl halides is 1. The molecule has 1 aromatic heterocycles. The number of benzene rings is 2. The second-order valence-corrected chi connectivity index (χ2v) is 11.1. The molecule has 1 spiro atoms. The molecule has 1 amide bonds. The van der Waals surface area contributed by atoms with E-state index in [1.54, 1.807) is 6.07 Å². The van der Waals surface area contributed by atoms with Gasteiger partial charge in [0, 0.05) is 23.9 Å². The van der Waals surface area contributed by atoms with Crippen LogP contribution in [0, 0.1) is 0 Å². The Morgan fingerprint density at radius 1 is 1.13 bits per heavy atom. The summed E-state index contributed by atoms with van der Waals surface area (Å²) < 4.78 is 23.7. The Bertz CT molecular complexity index is 1320. The molecule has 206 valence electrons. The minimum absolute atomic E-state index is 0.155. The Morgan fingerprint density at radius 2 is 1.95 bits per heavy atom. The molecule has 1 saturated carbocycles. The molecule has 3 heterocycles. The zero-order valence-electron chi connectivity index (χ0n) is 22.5. The molecule has 2 aliphatic heterocycles. The van der Waals surface area contributed by atoms with E-state index in [4.69, 9.17) is 4.74 Å². The maximum atomic E-state index is 16.0. The van der Waals surface area contributed by atoms with Gasteiger partial charge in [0.1, 0.15) is 24.4 Å². The van der Waals surface area contributed by atoms with Crippen LogP contribution in [0.5, 0.6) is 5.75 Å². The average molecular weight is 533 g/mol. The normalized spacial score (nSPS) is 24.0. The average Bonchev–Trinajstić information content (AvgIpc) is 3.44. The van der Waals surface area contributed by atoms with Crippen LogP contribution >= 0.6 is 0 Å². The summed E-state index contributed by atoms with van der Waals surface area (Å²) in [7, 11) is 1.92. The lowest BCUT2D eigenvalue weighted by Crippen LogP contribution is -2.58. The largest absolute Gasteiger partial charge is 0.491 e. The number of anilines is 1. The van der Waals surface area contributed by atoms with Crippen LogP contribution in [0.1, 0.15) is 84.5 Å². The number of carbonyl (C=O) groups is 1. The predicted molar refractivity (Wildman–Crippen MR) is 148 cm³/mol. The highest BCUT2D eigenvalue weighted by Gasteiger charge is 2.47. The van der Waals surface area contributed by atoms with E-state index < -0.39 is 11.7 Å². The molecule has 39 heavy (non-hydrogen) atoms. The van der Waals surface area contributed by atoms with E-state index in [0.717, 1.165) is 67.3 Å². The van der Waals surface area contributed by atoms with E-state index >= 15 is 4.39 Å². The molecule has 2 unspecified atom stereocenters. The van der Waals surface area contributed by atoms with E-state index in [9.17, 15) is 4.79 Å². The molecule has 1 saturated heterocycles. The number of hydrogen-bond acceptors (Lipinski definition) is 6. The molecule has 9 heteroatoms. The van der Waals surface area contributed by atoms with Gasteiger partial charge in [-0.05, 0) is 50.1 Å². The van der Waals surface area contributed by atoms with E-state index in [-0.39, 0.29) is 17.9 Å². The van der Waals surface area contributed by atoms with Crippen LogP contribution in [0.25, 0.3) is 0 Å². The number of halogens is 1. The van der Waals surface area contributed by atoms with Crippen LogP contribution in [-0.2, 0) is 13.6 Å². The molecule has 3 atom stereocenters. The fourth-order valence-electron chi connectivity index (χ4n) is 6.50. The molecule has 3 aliphatic rings. The molecular weight excluding hydrogens is 495 g/mol. The summed E-state index contributed by atoms with van der Waals surface area (Å²) in [6.45, 7) is 1.65. The molecule has 0 radical (unpaired) electrons. The highest BCUT2D eigenvalue weighted by atomic mass is 19.1. The smallest absolute Gasteiger partial charge is 0.251 e. The minimum Gasteiger partial charge on any atom is -0.491 e. The fraction of sp³-hybridized carbons (Fsp3) is 0.500. The van der Waals surface area contributed by atoms with E-state index in [2.05, 4.69) is 26.1 Å². The summed E-state index contributed by atoms with van der Waals surface area (Å²) in [5.74, 6) is 1.86. The van der Waals surface area contributed by atoms with Gasteiger partial charge < -0.3 is 25.3 Å². The number of rotatable bonds is 6. The second-order valence-electron chi connectivity index (χ2n) is 11.1. The van der Waals surface area contributed by atoms with Gasteiger partial charge in [0.2, 0.25) is 0 Å². The first-order valence-electron chi connectivity index (χ1n) is 14.2. The van der Waals surface area contributed by atoms with Crippen molar-refractivity contribution in [3.8, 4) is 5.75 Å². The van der Waals surface area contributed by atoms with Gasteiger partial charge in [0.15, 0.2) is 5.82 Å². The number of nitrogens with zero attached hydrogens (tertiary/aromatic N) is 3. The maximum Gasteiger partial charge on any atom is 0.251 e. The summed E-state index contributed by atoms with van der Waals surface area (Å²) in [6.07, 6.45) is 6.05. The highest BCUT2D eigenvalue weighted by Crippen LogP contribution is 2.42. The van der Waals surface area contributed by atoms with Crippen LogP contribution < -0.4 is 20.7 Å².